The number of benzene rings is 3. The van der Waals surface area contributed by atoms with Gasteiger partial charge in [0.05, 0.1) is 38.2 Å². The van der Waals surface area contributed by atoms with Crippen molar-refractivity contribution in [3.8, 4) is 11.5 Å². The van der Waals surface area contributed by atoms with E-state index in [1.807, 2.05) is 73.7 Å². The van der Waals surface area contributed by atoms with Gasteiger partial charge in [0.1, 0.15) is 18.8 Å². The molecular weight excluding hydrogens is 542 g/mol. The van der Waals surface area contributed by atoms with E-state index in [0.29, 0.717) is 30.5 Å². The molecule has 0 bridgehead atoms. The van der Waals surface area contributed by atoms with Crippen LogP contribution in [-0.4, -0.2) is 67.1 Å². The summed E-state index contributed by atoms with van der Waals surface area (Å²) in [5.74, 6) is 2.01. The van der Waals surface area contributed by atoms with E-state index >= 15 is 0 Å². The lowest BCUT2D eigenvalue weighted by Crippen LogP contribution is -2.37. The number of aromatic nitrogens is 2. The fourth-order valence-electron chi connectivity index (χ4n) is 4.49. The monoisotopic (exact) mass is 577 g/mol. The molecule has 2 heterocycles. The van der Waals surface area contributed by atoms with Gasteiger partial charge in [-0.05, 0) is 42.7 Å². The van der Waals surface area contributed by atoms with Crippen LogP contribution in [0.4, 0.5) is 11.5 Å². The Morgan fingerprint density at radius 2 is 1.78 bits per heavy atom. The fraction of sp³-hybridized carbons (Fsp3) is 0.323. The smallest absolute Gasteiger partial charge is 0.162 e. The zero-order valence-corrected chi connectivity index (χ0v) is 24.2. The number of rotatable bonds is 12. The molecule has 216 valence electrons. The van der Waals surface area contributed by atoms with Crippen LogP contribution in [0.25, 0.3) is 10.9 Å². The third kappa shape index (κ3) is 8.29. The van der Waals surface area contributed by atoms with Crippen LogP contribution >= 0.6 is 12.4 Å². The number of anilines is 2. The van der Waals surface area contributed by atoms with Crippen molar-refractivity contribution >= 4 is 40.5 Å². The highest BCUT2D eigenvalue weighted by atomic mass is 35.5. The summed E-state index contributed by atoms with van der Waals surface area (Å²) in [6, 6.07) is 21.8. The SMILES string of the molecule is COc1cc2ncnc(Nc3ccc(C(C)=NOCc4ccccc4)cc3)c2cc1OCCCN1CCOCC1.Cl. The van der Waals surface area contributed by atoms with E-state index in [0.717, 1.165) is 72.7 Å². The molecule has 10 heteroatoms. The maximum atomic E-state index is 6.14. The van der Waals surface area contributed by atoms with Gasteiger partial charge in [-0.15, -0.1) is 12.4 Å². The molecule has 1 saturated heterocycles. The molecule has 1 fully saturated rings. The molecule has 1 aromatic heterocycles. The second-order valence-electron chi connectivity index (χ2n) is 9.54. The molecule has 9 nitrogen and oxygen atoms in total. The van der Waals surface area contributed by atoms with Gasteiger partial charge in [-0.25, -0.2) is 9.97 Å². The van der Waals surface area contributed by atoms with E-state index in [9.17, 15) is 0 Å². The average molecular weight is 578 g/mol. The zero-order valence-electron chi connectivity index (χ0n) is 23.4. The molecule has 41 heavy (non-hydrogen) atoms. The molecule has 1 N–H and O–H groups in total. The summed E-state index contributed by atoms with van der Waals surface area (Å²) in [4.78, 5) is 16.9. The van der Waals surface area contributed by atoms with Gasteiger partial charge >= 0.3 is 0 Å². The number of nitrogens with zero attached hydrogens (tertiary/aromatic N) is 4. The summed E-state index contributed by atoms with van der Waals surface area (Å²) in [7, 11) is 1.64. The second kappa shape index (κ2) is 15.2. The summed E-state index contributed by atoms with van der Waals surface area (Å²) < 4.78 is 17.2. The van der Waals surface area contributed by atoms with Crippen molar-refractivity contribution in [2.75, 3.05) is 51.9 Å². The van der Waals surface area contributed by atoms with Gasteiger partial charge in [0, 0.05) is 36.8 Å². The molecule has 0 aliphatic carbocycles. The Labute approximate surface area is 246 Å². The van der Waals surface area contributed by atoms with E-state index in [-0.39, 0.29) is 12.4 Å². The fourth-order valence-corrected chi connectivity index (χ4v) is 4.49. The lowest BCUT2D eigenvalue weighted by molar-refractivity contribution is 0.0357. The maximum absolute atomic E-state index is 6.14. The first-order chi connectivity index (χ1) is 19.7. The zero-order chi connectivity index (χ0) is 27.6. The summed E-state index contributed by atoms with van der Waals surface area (Å²) in [5, 5.41) is 8.53. The van der Waals surface area contributed by atoms with Crippen LogP contribution in [0, 0.1) is 0 Å². The van der Waals surface area contributed by atoms with Crippen molar-refractivity contribution in [2.45, 2.75) is 20.0 Å². The van der Waals surface area contributed by atoms with Crippen LogP contribution < -0.4 is 14.8 Å². The highest BCUT2D eigenvalue weighted by molar-refractivity contribution is 5.99. The predicted molar refractivity (Wildman–Crippen MR) is 164 cm³/mol. The summed E-state index contributed by atoms with van der Waals surface area (Å²) in [5.41, 5.74) is 4.52. The summed E-state index contributed by atoms with van der Waals surface area (Å²) in [6.45, 7) is 7.48. The average Bonchev–Trinajstić information content (AvgIpc) is 3.00. The number of morpholine rings is 1. The molecular formula is C31H36ClN5O4. The number of fused-ring (bicyclic) bond motifs is 1. The van der Waals surface area contributed by atoms with Gasteiger partial charge in [-0.2, -0.15) is 0 Å². The normalized spacial score (nSPS) is 13.9. The summed E-state index contributed by atoms with van der Waals surface area (Å²) >= 11 is 0. The van der Waals surface area contributed by atoms with Gasteiger partial charge in [0.25, 0.3) is 0 Å². The molecule has 0 atom stereocenters. The van der Waals surface area contributed by atoms with Gasteiger partial charge < -0.3 is 24.4 Å². The first kappa shape index (κ1) is 30.0. The molecule has 1 aliphatic rings. The van der Waals surface area contributed by atoms with Crippen molar-refractivity contribution in [1.29, 1.82) is 0 Å². The minimum Gasteiger partial charge on any atom is -0.493 e. The third-order valence-corrected chi connectivity index (χ3v) is 6.74. The maximum Gasteiger partial charge on any atom is 0.162 e. The molecule has 3 aromatic carbocycles. The minimum absolute atomic E-state index is 0. The Morgan fingerprint density at radius 3 is 2.54 bits per heavy atom. The number of oxime groups is 1. The number of hydrogen-bond donors (Lipinski definition) is 1. The molecule has 0 amide bonds. The molecule has 0 radical (unpaired) electrons. The van der Waals surface area contributed by atoms with Crippen LogP contribution in [0.15, 0.2) is 78.2 Å². The molecule has 0 saturated carbocycles. The summed E-state index contributed by atoms with van der Waals surface area (Å²) in [6.07, 6.45) is 2.46. The topological polar surface area (TPSA) is 90.3 Å². The van der Waals surface area contributed by atoms with Crippen molar-refractivity contribution in [2.24, 2.45) is 5.16 Å². The van der Waals surface area contributed by atoms with Crippen LogP contribution in [0.5, 0.6) is 11.5 Å². The largest absolute Gasteiger partial charge is 0.493 e. The van der Waals surface area contributed by atoms with Crippen molar-refractivity contribution in [1.82, 2.24) is 14.9 Å². The first-order valence-corrected chi connectivity index (χ1v) is 13.5. The van der Waals surface area contributed by atoms with Gasteiger partial charge in [-0.1, -0.05) is 47.6 Å². The molecule has 5 rings (SSSR count). The number of nitrogens with one attached hydrogen (secondary N) is 1. The third-order valence-electron chi connectivity index (χ3n) is 6.74. The lowest BCUT2D eigenvalue weighted by atomic mass is 10.1. The Bertz CT molecular complexity index is 1410. The molecule has 0 spiro atoms. The Kier molecular flexibility index (Phi) is 11.1. The van der Waals surface area contributed by atoms with E-state index in [4.69, 9.17) is 19.0 Å². The Morgan fingerprint density at radius 1 is 1.00 bits per heavy atom. The van der Waals surface area contributed by atoms with Gasteiger partial charge in [-0.3, -0.25) is 4.90 Å². The highest BCUT2D eigenvalue weighted by Gasteiger charge is 2.13. The molecule has 4 aromatic rings. The number of ether oxygens (including phenoxy) is 3. The first-order valence-electron chi connectivity index (χ1n) is 13.5. The van der Waals surface area contributed by atoms with E-state index < -0.39 is 0 Å². The Balaban J connectivity index is 0.00000387. The number of halogens is 1. The second-order valence-corrected chi connectivity index (χ2v) is 9.54. The Hall–Kier alpha value is -3.92. The van der Waals surface area contributed by atoms with Crippen LogP contribution in [0.2, 0.25) is 0 Å². The molecule has 0 unspecified atom stereocenters. The van der Waals surface area contributed by atoms with Crippen molar-refractivity contribution in [3.63, 3.8) is 0 Å². The minimum atomic E-state index is 0. The molecule has 1 aliphatic heterocycles. The predicted octanol–water partition coefficient (Wildman–Crippen LogP) is 5.85. The lowest BCUT2D eigenvalue weighted by Gasteiger charge is -2.26. The van der Waals surface area contributed by atoms with Crippen LogP contribution in [-0.2, 0) is 16.2 Å². The van der Waals surface area contributed by atoms with Crippen molar-refractivity contribution < 1.29 is 19.0 Å². The van der Waals surface area contributed by atoms with Gasteiger partial charge in [0.2, 0.25) is 0 Å². The van der Waals surface area contributed by atoms with Crippen LogP contribution in [0.3, 0.4) is 0 Å². The van der Waals surface area contributed by atoms with Gasteiger partial charge in [0.15, 0.2) is 11.5 Å². The number of methoxy groups -OCH3 is 1. The quantitative estimate of drug-likeness (QED) is 0.127. The number of hydrogen-bond acceptors (Lipinski definition) is 9. The highest BCUT2D eigenvalue weighted by Crippen LogP contribution is 2.35. The van der Waals surface area contributed by atoms with Crippen LogP contribution in [0.1, 0.15) is 24.5 Å². The van der Waals surface area contributed by atoms with Crippen molar-refractivity contribution in [3.05, 3.63) is 84.2 Å². The standard InChI is InChI=1S/C31H35N5O4.ClH/c1-23(35-40-21-24-7-4-3-5-8-24)25-9-11-26(12-10-25)34-31-27-19-30(29(37-2)20-28(27)32-22-33-31)39-16-6-13-36-14-17-38-18-15-36;/h3-5,7-12,19-20,22H,6,13-18,21H2,1-2H3,(H,32,33,34);1H. The van der Waals surface area contributed by atoms with E-state index in [1.54, 1.807) is 13.4 Å². The van der Waals surface area contributed by atoms with E-state index in [2.05, 4.69) is 25.3 Å². The van der Waals surface area contributed by atoms with E-state index in [1.165, 1.54) is 0 Å².